The zero-order chi connectivity index (χ0) is 20.9. The largest absolute Gasteiger partial charge is 0.343 e. The highest BCUT2D eigenvalue weighted by atomic mass is 32.2. The number of rotatable bonds is 7. The minimum Gasteiger partial charge on any atom is -0.343 e. The van der Waals surface area contributed by atoms with Crippen LogP contribution in [-0.4, -0.2) is 20.1 Å². The standard InChI is InChI=1S/C24H25NO3S/c1-19-13-15-22(16-14-19)29(27,28)18-17-23(26)25-24(2,20-9-5-3-6-10-20)21-11-7-4-8-12-21/h3-16H,17-18H2,1-2H3,(H,25,26). The maximum Gasteiger partial charge on any atom is 0.221 e. The average Bonchev–Trinajstić information content (AvgIpc) is 2.74. The molecule has 29 heavy (non-hydrogen) atoms. The van der Waals surface area contributed by atoms with E-state index in [0.29, 0.717) is 0 Å². The van der Waals surface area contributed by atoms with Crippen LogP contribution in [0.5, 0.6) is 0 Å². The van der Waals surface area contributed by atoms with Gasteiger partial charge in [-0.25, -0.2) is 8.42 Å². The molecule has 0 unspecified atom stereocenters. The highest BCUT2D eigenvalue weighted by Crippen LogP contribution is 2.29. The van der Waals surface area contributed by atoms with Crippen molar-refractivity contribution in [2.45, 2.75) is 30.7 Å². The van der Waals surface area contributed by atoms with Crippen LogP contribution in [0.3, 0.4) is 0 Å². The molecule has 0 radical (unpaired) electrons. The highest BCUT2D eigenvalue weighted by molar-refractivity contribution is 7.91. The molecule has 0 spiro atoms. The van der Waals surface area contributed by atoms with Gasteiger partial charge in [0.1, 0.15) is 0 Å². The van der Waals surface area contributed by atoms with E-state index >= 15 is 0 Å². The first-order chi connectivity index (χ1) is 13.8. The number of aryl methyl sites for hydroxylation is 1. The number of carbonyl (C=O) groups is 1. The third kappa shape index (κ3) is 4.93. The van der Waals surface area contributed by atoms with E-state index in [4.69, 9.17) is 0 Å². The summed E-state index contributed by atoms with van der Waals surface area (Å²) in [6.45, 7) is 3.84. The molecule has 0 aromatic heterocycles. The van der Waals surface area contributed by atoms with E-state index in [1.807, 2.05) is 74.5 Å². The molecule has 0 heterocycles. The molecule has 0 saturated carbocycles. The molecule has 5 heteroatoms. The Hall–Kier alpha value is -2.92. The van der Waals surface area contributed by atoms with Crippen molar-refractivity contribution < 1.29 is 13.2 Å². The van der Waals surface area contributed by atoms with Crippen molar-refractivity contribution in [3.05, 3.63) is 102 Å². The molecule has 150 valence electrons. The summed E-state index contributed by atoms with van der Waals surface area (Å²) in [7, 11) is -3.52. The lowest BCUT2D eigenvalue weighted by atomic mass is 9.84. The third-order valence-electron chi connectivity index (χ3n) is 5.07. The SMILES string of the molecule is Cc1ccc(S(=O)(=O)CCC(=O)NC(C)(c2ccccc2)c2ccccc2)cc1. The number of hydrogen-bond acceptors (Lipinski definition) is 3. The minimum atomic E-state index is -3.52. The predicted molar refractivity (Wildman–Crippen MR) is 115 cm³/mol. The summed E-state index contributed by atoms with van der Waals surface area (Å²) in [5.41, 5.74) is 2.10. The van der Waals surface area contributed by atoms with Crippen LogP contribution in [0.15, 0.2) is 89.8 Å². The Morgan fingerprint density at radius 2 is 1.31 bits per heavy atom. The van der Waals surface area contributed by atoms with E-state index < -0.39 is 15.4 Å². The molecule has 3 aromatic carbocycles. The predicted octanol–water partition coefficient (Wildman–Crippen LogP) is 4.24. The van der Waals surface area contributed by atoms with Crippen molar-refractivity contribution in [2.75, 3.05) is 5.75 Å². The number of sulfone groups is 1. The van der Waals surface area contributed by atoms with Gasteiger partial charge in [0.2, 0.25) is 5.91 Å². The molecule has 0 atom stereocenters. The molecule has 0 aliphatic carbocycles. The van der Waals surface area contributed by atoms with Gasteiger partial charge < -0.3 is 5.32 Å². The fourth-order valence-corrected chi connectivity index (χ4v) is 4.53. The van der Waals surface area contributed by atoms with Crippen LogP contribution < -0.4 is 5.32 Å². The van der Waals surface area contributed by atoms with Gasteiger partial charge in [-0.3, -0.25) is 4.79 Å². The molecule has 0 aliphatic rings. The molecule has 4 nitrogen and oxygen atoms in total. The van der Waals surface area contributed by atoms with Crippen molar-refractivity contribution in [1.29, 1.82) is 0 Å². The van der Waals surface area contributed by atoms with E-state index in [2.05, 4.69) is 5.32 Å². The van der Waals surface area contributed by atoms with Gasteiger partial charge in [-0.2, -0.15) is 0 Å². The Kier molecular flexibility index (Phi) is 6.18. The topological polar surface area (TPSA) is 63.2 Å². The molecule has 3 aromatic rings. The van der Waals surface area contributed by atoms with Crippen LogP contribution in [0.4, 0.5) is 0 Å². The van der Waals surface area contributed by atoms with Gasteiger partial charge in [-0.15, -0.1) is 0 Å². The molecule has 0 fully saturated rings. The lowest BCUT2D eigenvalue weighted by molar-refractivity contribution is -0.122. The van der Waals surface area contributed by atoms with Crippen molar-refractivity contribution in [1.82, 2.24) is 5.32 Å². The normalized spacial score (nSPS) is 11.8. The van der Waals surface area contributed by atoms with Crippen LogP contribution in [0.1, 0.15) is 30.0 Å². The first-order valence-electron chi connectivity index (χ1n) is 9.53. The maximum absolute atomic E-state index is 12.8. The van der Waals surface area contributed by atoms with Crippen LogP contribution in [0, 0.1) is 6.92 Å². The van der Waals surface area contributed by atoms with E-state index in [-0.39, 0.29) is 23.0 Å². The van der Waals surface area contributed by atoms with Gasteiger partial charge >= 0.3 is 0 Å². The van der Waals surface area contributed by atoms with Crippen LogP contribution >= 0.6 is 0 Å². The molecule has 0 aliphatic heterocycles. The summed E-state index contributed by atoms with van der Waals surface area (Å²) >= 11 is 0. The van der Waals surface area contributed by atoms with E-state index in [1.165, 1.54) is 0 Å². The Morgan fingerprint density at radius 1 is 0.828 bits per heavy atom. The minimum absolute atomic E-state index is 0.106. The molecule has 0 saturated heterocycles. The molecule has 1 amide bonds. The Balaban J connectivity index is 1.78. The molecule has 3 rings (SSSR count). The summed E-state index contributed by atoms with van der Waals surface area (Å²) in [5.74, 6) is -0.544. The lowest BCUT2D eigenvalue weighted by Crippen LogP contribution is -2.44. The lowest BCUT2D eigenvalue weighted by Gasteiger charge is -2.32. The second kappa shape index (κ2) is 8.62. The Labute approximate surface area is 172 Å². The van der Waals surface area contributed by atoms with Crippen molar-refractivity contribution >= 4 is 15.7 Å². The summed E-state index contributed by atoms with van der Waals surface area (Å²) in [5, 5.41) is 3.06. The summed E-state index contributed by atoms with van der Waals surface area (Å²) < 4.78 is 25.1. The first kappa shape index (κ1) is 20.8. The van der Waals surface area contributed by atoms with Gasteiger partial charge in [0, 0.05) is 6.42 Å². The number of benzene rings is 3. The average molecular weight is 408 g/mol. The van der Waals surface area contributed by atoms with Gasteiger partial charge in [0.05, 0.1) is 16.2 Å². The van der Waals surface area contributed by atoms with Crippen LogP contribution in [0.2, 0.25) is 0 Å². The van der Waals surface area contributed by atoms with Gasteiger partial charge in [0.15, 0.2) is 9.84 Å². The number of hydrogen-bond donors (Lipinski definition) is 1. The van der Waals surface area contributed by atoms with E-state index in [9.17, 15) is 13.2 Å². The Morgan fingerprint density at radius 3 is 1.79 bits per heavy atom. The van der Waals surface area contributed by atoms with E-state index in [0.717, 1.165) is 16.7 Å². The van der Waals surface area contributed by atoms with Crippen molar-refractivity contribution in [2.24, 2.45) is 0 Å². The second-order valence-corrected chi connectivity index (χ2v) is 9.40. The van der Waals surface area contributed by atoms with Crippen molar-refractivity contribution in [3.8, 4) is 0 Å². The molecule has 1 N–H and O–H groups in total. The van der Waals surface area contributed by atoms with Crippen LogP contribution in [0.25, 0.3) is 0 Å². The third-order valence-corrected chi connectivity index (χ3v) is 6.80. The summed E-state index contributed by atoms with van der Waals surface area (Å²) in [6.07, 6.45) is -0.106. The molecule has 0 bridgehead atoms. The highest BCUT2D eigenvalue weighted by Gasteiger charge is 2.31. The zero-order valence-corrected chi connectivity index (χ0v) is 17.4. The molecular weight excluding hydrogens is 382 g/mol. The smallest absolute Gasteiger partial charge is 0.221 e. The maximum atomic E-state index is 12.8. The van der Waals surface area contributed by atoms with E-state index in [1.54, 1.807) is 24.3 Å². The number of amides is 1. The summed E-state index contributed by atoms with van der Waals surface area (Å²) in [4.78, 5) is 13.0. The second-order valence-electron chi connectivity index (χ2n) is 7.29. The Bertz CT molecular complexity index is 1020. The monoisotopic (exact) mass is 407 g/mol. The quantitative estimate of drug-likeness (QED) is 0.637. The van der Waals surface area contributed by atoms with Gasteiger partial charge in [0.25, 0.3) is 0 Å². The van der Waals surface area contributed by atoms with Crippen molar-refractivity contribution in [3.63, 3.8) is 0 Å². The summed E-state index contributed by atoms with van der Waals surface area (Å²) in [6, 6.07) is 26.0. The number of nitrogens with one attached hydrogen (secondary N) is 1. The van der Waals surface area contributed by atoms with Gasteiger partial charge in [-0.1, -0.05) is 78.4 Å². The fourth-order valence-electron chi connectivity index (χ4n) is 3.29. The first-order valence-corrected chi connectivity index (χ1v) is 11.2. The fraction of sp³-hybridized carbons (Fsp3) is 0.208. The zero-order valence-electron chi connectivity index (χ0n) is 16.6. The molecular formula is C24H25NO3S. The van der Waals surface area contributed by atoms with Crippen LogP contribution in [-0.2, 0) is 20.2 Å². The van der Waals surface area contributed by atoms with Gasteiger partial charge in [-0.05, 0) is 37.1 Å². The number of carbonyl (C=O) groups excluding carboxylic acids is 1.